The second kappa shape index (κ2) is 5.51. The van der Waals surface area contributed by atoms with E-state index >= 15 is 0 Å². The Kier molecular flexibility index (Phi) is 3.39. The molecule has 0 saturated heterocycles. The van der Waals surface area contributed by atoms with E-state index in [1.165, 1.54) is 6.39 Å². The van der Waals surface area contributed by atoms with Gasteiger partial charge >= 0.3 is 0 Å². The van der Waals surface area contributed by atoms with Gasteiger partial charge in [0.2, 0.25) is 12.3 Å². The Bertz CT molecular complexity index is 766. The van der Waals surface area contributed by atoms with Gasteiger partial charge in [-0.1, -0.05) is 0 Å². The van der Waals surface area contributed by atoms with Crippen molar-refractivity contribution < 1.29 is 4.42 Å². The van der Waals surface area contributed by atoms with Gasteiger partial charge < -0.3 is 14.3 Å². The first-order valence-electron chi connectivity index (χ1n) is 6.42. The van der Waals surface area contributed by atoms with Crippen LogP contribution in [0.4, 0.5) is 5.69 Å². The summed E-state index contributed by atoms with van der Waals surface area (Å²) in [5, 5.41) is 19.8. The number of rotatable bonds is 4. The van der Waals surface area contributed by atoms with Crippen molar-refractivity contribution in [1.29, 1.82) is 5.26 Å². The Morgan fingerprint density at radius 2 is 2.14 bits per heavy atom. The van der Waals surface area contributed by atoms with Crippen LogP contribution in [0.3, 0.4) is 0 Å². The van der Waals surface area contributed by atoms with Crippen molar-refractivity contribution in [3.05, 3.63) is 54.2 Å². The van der Waals surface area contributed by atoms with E-state index in [4.69, 9.17) is 9.68 Å². The minimum absolute atomic E-state index is 0.503. The fraction of sp³-hybridized carbons (Fsp3) is 0.133. The molecule has 2 heterocycles. The van der Waals surface area contributed by atoms with Crippen LogP contribution in [0.5, 0.6) is 0 Å². The van der Waals surface area contributed by atoms with Gasteiger partial charge in [-0.3, -0.25) is 0 Å². The molecule has 0 spiro atoms. The van der Waals surface area contributed by atoms with Crippen LogP contribution in [0.2, 0.25) is 0 Å². The van der Waals surface area contributed by atoms with Crippen LogP contribution in [-0.2, 0) is 13.6 Å². The molecule has 1 aromatic carbocycles. The van der Waals surface area contributed by atoms with Crippen LogP contribution >= 0.6 is 0 Å². The van der Waals surface area contributed by atoms with E-state index in [0.29, 0.717) is 18.1 Å². The third-order valence-corrected chi connectivity index (χ3v) is 3.16. The summed E-state index contributed by atoms with van der Waals surface area (Å²) in [7, 11) is 1.86. The Balaban J connectivity index is 1.67. The zero-order valence-electron chi connectivity index (χ0n) is 11.4. The zero-order valence-corrected chi connectivity index (χ0v) is 11.4. The smallest absolute Gasteiger partial charge is 0.247 e. The minimum atomic E-state index is 0.503. The zero-order chi connectivity index (χ0) is 14.7. The molecule has 0 amide bonds. The molecule has 6 nitrogen and oxygen atoms in total. The third-order valence-electron chi connectivity index (χ3n) is 3.16. The molecule has 0 aliphatic heterocycles. The Labute approximate surface area is 121 Å². The highest BCUT2D eigenvalue weighted by atomic mass is 16.4. The molecule has 3 rings (SSSR count). The molecule has 0 fully saturated rings. The van der Waals surface area contributed by atoms with E-state index in [9.17, 15) is 0 Å². The lowest BCUT2D eigenvalue weighted by Gasteiger charge is -2.05. The topological polar surface area (TPSA) is 79.7 Å². The van der Waals surface area contributed by atoms with Crippen molar-refractivity contribution in [2.75, 3.05) is 5.32 Å². The average molecular weight is 279 g/mol. The molecule has 21 heavy (non-hydrogen) atoms. The minimum Gasteiger partial charge on any atom is -0.423 e. The molecule has 0 saturated carbocycles. The molecule has 0 radical (unpaired) electrons. The largest absolute Gasteiger partial charge is 0.423 e. The van der Waals surface area contributed by atoms with Crippen molar-refractivity contribution in [3.63, 3.8) is 0 Å². The summed E-state index contributed by atoms with van der Waals surface area (Å²) < 4.78 is 6.96. The molecule has 0 aliphatic carbocycles. The summed E-state index contributed by atoms with van der Waals surface area (Å²) in [6.45, 7) is 0.662. The molecule has 1 N–H and O–H groups in total. The Morgan fingerprint density at radius 3 is 2.76 bits per heavy atom. The summed E-state index contributed by atoms with van der Waals surface area (Å²) in [4.78, 5) is 0. The fourth-order valence-corrected chi connectivity index (χ4v) is 2.07. The number of nitrogens with one attached hydrogen (secondary N) is 1. The van der Waals surface area contributed by atoms with Crippen LogP contribution in [0.15, 0.2) is 47.3 Å². The number of benzene rings is 1. The van der Waals surface area contributed by atoms with Crippen molar-refractivity contribution >= 4 is 5.69 Å². The second-order valence-electron chi connectivity index (χ2n) is 4.63. The number of hydrogen-bond acceptors (Lipinski definition) is 5. The van der Waals surface area contributed by atoms with E-state index in [0.717, 1.165) is 16.8 Å². The van der Waals surface area contributed by atoms with Gasteiger partial charge in [-0.05, 0) is 35.9 Å². The number of aromatic nitrogens is 3. The van der Waals surface area contributed by atoms with Gasteiger partial charge in [-0.25, -0.2) is 0 Å². The van der Waals surface area contributed by atoms with Crippen molar-refractivity contribution in [1.82, 2.24) is 14.8 Å². The molecule has 0 atom stereocenters. The molecule has 2 aromatic heterocycles. The van der Waals surface area contributed by atoms with Gasteiger partial charge in [0, 0.05) is 31.0 Å². The maximum absolute atomic E-state index is 8.93. The van der Waals surface area contributed by atoms with Crippen molar-refractivity contribution in [2.24, 2.45) is 7.05 Å². The lowest BCUT2D eigenvalue weighted by atomic mass is 10.2. The van der Waals surface area contributed by atoms with Gasteiger partial charge in [0.1, 0.15) is 11.8 Å². The van der Waals surface area contributed by atoms with Gasteiger partial charge in [0.05, 0.1) is 0 Å². The summed E-state index contributed by atoms with van der Waals surface area (Å²) in [6.07, 6.45) is 3.25. The predicted octanol–water partition coefficient (Wildman–Crippen LogP) is 2.56. The van der Waals surface area contributed by atoms with Crippen LogP contribution in [-0.4, -0.2) is 14.8 Å². The Hall–Kier alpha value is -3.07. The fourth-order valence-electron chi connectivity index (χ4n) is 2.07. The summed E-state index contributed by atoms with van der Waals surface area (Å²) in [5.74, 6) is 0.503. The third kappa shape index (κ3) is 2.77. The van der Waals surface area contributed by atoms with Crippen molar-refractivity contribution in [3.8, 4) is 17.5 Å². The first kappa shape index (κ1) is 12.9. The van der Waals surface area contributed by atoms with E-state index in [1.54, 1.807) is 0 Å². The quantitative estimate of drug-likeness (QED) is 0.794. The molecule has 0 aliphatic rings. The van der Waals surface area contributed by atoms with Gasteiger partial charge in [-0.2, -0.15) is 5.26 Å². The number of nitriles is 1. The predicted molar refractivity (Wildman–Crippen MR) is 77.2 cm³/mol. The first-order valence-corrected chi connectivity index (χ1v) is 6.42. The monoisotopic (exact) mass is 279 g/mol. The lowest BCUT2D eigenvalue weighted by molar-refractivity contribution is 0.568. The molecule has 0 unspecified atom stereocenters. The molecule has 104 valence electrons. The van der Waals surface area contributed by atoms with E-state index in [2.05, 4.69) is 21.6 Å². The Morgan fingerprint density at radius 1 is 1.33 bits per heavy atom. The highest BCUT2D eigenvalue weighted by molar-refractivity contribution is 5.58. The van der Waals surface area contributed by atoms with E-state index in [-0.39, 0.29) is 0 Å². The number of aryl methyl sites for hydroxylation is 1. The summed E-state index contributed by atoms with van der Waals surface area (Å²) in [5.41, 5.74) is 3.58. The van der Waals surface area contributed by atoms with Gasteiger partial charge in [0.15, 0.2) is 0 Å². The van der Waals surface area contributed by atoms with Gasteiger partial charge in [-0.15, -0.1) is 10.2 Å². The first-order chi connectivity index (χ1) is 10.3. The summed E-state index contributed by atoms with van der Waals surface area (Å²) >= 11 is 0. The highest BCUT2D eigenvalue weighted by Crippen LogP contribution is 2.19. The van der Waals surface area contributed by atoms with E-state index < -0.39 is 0 Å². The molecular formula is C15H13N5O. The number of nitrogens with zero attached hydrogens (tertiary/aromatic N) is 4. The second-order valence-corrected chi connectivity index (χ2v) is 4.63. The SMILES string of the molecule is Cn1cc(CNc2ccc(-c3nnco3)cc2)cc1C#N. The molecule has 0 bridgehead atoms. The van der Waals surface area contributed by atoms with Crippen LogP contribution in [0, 0.1) is 11.3 Å². The maximum atomic E-state index is 8.93. The number of anilines is 1. The molecular weight excluding hydrogens is 266 g/mol. The average Bonchev–Trinajstić information content (AvgIpc) is 3.15. The van der Waals surface area contributed by atoms with Crippen molar-refractivity contribution in [2.45, 2.75) is 6.54 Å². The normalized spacial score (nSPS) is 10.3. The molecule has 6 heteroatoms. The lowest BCUT2D eigenvalue weighted by Crippen LogP contribution is -1.98. The standard InChI is InChI=1S/C15H13N5O/c1-20-9-11(6-14(20)7-16)8-17-13-4-2-12(3-5-13)15-19-18-10-21-15/h2-6,9-10,17H,8H2,1H3. The van der Waals surface area contributed by atoms with Crippen LogP contribution in [0.1, 0.15) is 11.3 Å². The van der Waals surface area contributed by atoms with Crippen LogP contribution in [0.25, 0.3) is 11.5 Å². The highest BCUT2D eigenvalue weighted by Gasteiger charge is 2.04. The number of hydrogen-bond donors (Lipinski definition) is 1. The maximum Gasteiger partial charge on any atom is 0.247 e. The van der Waals surface area contributed by atoms with E-state index in [1.807, 2.05) is 48.1 Å². The van der Waals surface area contributed by atoms with Crippen LogP contribution < -0.4 is 5.32 Å². The summed E-state index contributed by atoms with van der Waals surface area (Å²) in [6, 6.07) is 11.8. The molecule has 3 aromatic rings. The van der Waals surface area contributed by atoms with Gasteiger partial charge in [0.25, 0.3) is 0 Å².